The van der Waals surface area contributed by atoms with Crippen molar-refractivity contribution < 1.29 is 5.11 Å². The van der Waals surface area contributed by atoms with Gasteiger partial charge in [0, 0.05) is 5.38 Å². The number of phenols is 1. The Balaban J connectivity index is 2.42. The Hall–Kier alpha value is -1.87. The first-order valence-electron chi connectivity index (χ1n) is 4.89. The Morgan fingerprint density at radius 3 is 2.81 bits per heavy atom. The topological polar surface area (TPSA) is 33.1 Å². The first kappa shape index (κ1) is 9.36. The van der Waals surface area contributed by atoms with Crippen LogP contribution in [0.3, 0.4) is 0 Å². The number of aromatic nitrogens is 1. The summed E-state index contributed by atoms with van der Waals surface area (Å²) >= 11 is 1.40. The van der Waals surface area contributed by atoms with E-state index in [0.717, 1.165) is 22.0 Å². The van der Waals surface area contributed by atoms with E-state index in [1.807, 2.05) is 35.7 Å². The number of thiazole rings is 1. The number of phenolic OH excluding ortho intramolecular Hbond substituents is 1. The third kappa shape index (κ3) is 1.37. The van der Waals surface area contributed by atoms with Crippen molar-refractivity contribution in [2.45, 2.75) is 0 Å². The lowest BCUT2D eigenvalue weighted by atomic mass is 10.0. The predicted octanol–water partition coefficient (Wildman–Crippen LogP) is 3.47. The van der Waals surface area contributed by atoms with Crippen LogP contribution in [0.2, 0.25) is 0 Å². The summed E-state index contributed by atoms with van der Waals surface area (Å²) in [6, 6.07) is 11.6. The molecular formula is C13H8NOS. The van der Waals surface area contributed by atoms with E-state index >= 15 is 0 Å². The summed E-state index contributed by atoms with van der Waals surface area (Å²) < 4.78 is 0. The molecule has 0 aliphatic carbocycles. The van der Waals surface area contributed by atoms with Crippen LogP contribution in [0, 0.1) is 5.51 Å². The fourth-order valence-electron chi connectivity index (χ4n) is 1.83. The second-order valence-electron chi connectivity index (χ2n) is 3.50. The van der Waals surface area contributed by atoms with Gasteiger partial charge in [-0.2, -0.15) is 0 Å². The lowest BCUT2D eigenvalue weighted by Gasteiger charge is -2.06. The molecule has 0 unspecified atom stereocenters. The maximum absolute atomic E-state index is 9.93. The second-order valence-corrected chi connectivity index (χ2v) is 4.16. The van der Waals surface area contributed by atoms with E-state index in [4.69, 9.17) is 0 Å². The normalized spacial score (nSPS) is 10.8. The zero-order valence-electron chi connectivity index (χ0n) is 8.34. The fraction of sp³-hybridized carbons (Fsp3) is 0. The van der Waals surface area contributed by atoms with Gasteiger partial charge < -0.3 is 5.11 Å². The van der Waals surface area contributed by atoms with Crippen LogP contribution in [-0.4, -0.2) is 10.1 Å². The summed E-state index contributed by atoms with van der Waals surface area (Å²) in [6.45, 7) is 0. The summed E-state index contributed by atoms with van der Waals surface area (Å²) in [5.41, 5.74) is 4.37. The summed E-state index contributed by atoms with van der Waals surface area (Å²) in [4.78, 5) is 4.13. The summed E-state index contributed by atoms with van der Waals surface area (Å²) in [5, 5.41) is 13.9. The van der Waals surface area contributed by atoms with Crippen LogP contribution in [0.1, 0.15) is 0 Å². The molecule has 1 aromatic heterocycles. The number of hydrogen-bond donors (Lipinski definition) is 1. The van der Waals surface area contributed by atoms with Crippen molar-refractivity contribution >= 4 is 22.1 Å². The monoisotopic (exact) mass is 226 g/mol. The van der Waals surface area contributed by atoms with Gasteiger partial charge in [0.25, 0.3) is 0 Å². The molecule has 1 heterocycles. The van der Waals surface area contributed by atoms with Gasteiger partial charge in [-0.3, -0.25) is 0 Å². The lowest BCUT2D eigenvalue weighted by Crippen LogP contribution is -1.82. The highest BCUT2D eigenvalue weighted by atomic mass is 32.1. The summed E-state index contributed by atoms with van der Waals surface area (Å²) in [6.07, 6.45) is 0. The summed E-state index contributed by atoms with van der Waals surface area (Å²) in [7, 11) is 0. The van der Waals surface area contributed by atoms with Crippen LogP contribution in [0.5, 0.6) is 5.75 Å². The molecule has 0 saturated carbocycles. The Labute approximate surface area is 96.8 Å². The molecule has 0 atom stereocenters. The molecule has 16 heavy (non-hydrogen) atoms. The Morgan fingerprint density at radius 1 is 1.12 bits per heavy atom. The number of fused-ring (bicyclic) bond motifs is 1. The highest BCUT2D eigenvalue weighted by molar-refractivity contribution is 7.07. The number of aromatic hydroxyl groups is 1. The zero-order valence-corrected chi connectivity index (χ0v) is 9.16. The molecule has 3 heteroatoms. The number of rotatable bonds is 1. The molecule has 2 nitrogen and oxygen atoms in total. The average Bonchev–Trinajstić information content (AvgIpc) is 2.82. The van der Waals surface area contributed by atoms with Gasteiger partial charge in [0.05, 0.1) is 11.3 Å². The van der Waals surface area contributed by atoms with Crippen LogP contribution < -0.4 is 0 Å². The van der Waals surface area contributed by atoms with E-state index in [1.165, 1.54) is 11.3 Å². The van der Waals surface area contributed by atoms with E-state index in [9.17, 15) is 5.11 Å². The van der Waals surface area contributed by atoms with Crippen molar-refractivity contribution in [1.29, 1.82) is 0 Å². The predicted molar refractivity (Wildman–Crippen MR) is 65.6 cm³/mol. The molecule has 0 aliphatic rings. The van der Waals surface area contributed by atoms with Crippen molar-refractivity contribution in [1.82, 2.24) is 4.98 Å². The molecule has 0 aliphatic heterocycles. The third-order valence-corrected chi connectivity index (χ3v) is 3.09. The second kappa shape index (κ2) is 3.61. The van der Waals surface area contributed by atoms with Gasteiger partial charge in [-0.1, -0.05) is 30.3 Å². The number of nitrogens with zero attached hydrogens (tertiary/aromatic N) is 1. The number of benzene rings is 2. The van der Waals surface area contributed by atoms with Gasteiger partial charge in [0.1, 0.15) is 5.75 Å². The van der Waals surface area contributed by atoms with Gasteiger partial charge in [0.2, 0.25) is 0 Å². The molecule has 3 aromatic rings. The maximum atomic E-state index is 9.93. The standard InChI is InChI=1S/C13H8NOS/c15-12-6-5-9-3-1-2-4-10(9)13(12)11-7-16-8-14-11/h1-7,15H. The molecule has 0 amide bonds. The van der Waals surface area contributed by atoms with E-state index in [0.29, 0.717) is 0 Å². The van der Waals surface area contributed by atoms with Crippen molar-refractivity contribution in [2.24, 2.45) is 0 Å². The van der Waals surface area contributed by atoms with Crippen molar-refractivity contribution in [3.63, 3.8) is 0 Å². The van der Waals surface area contributed by atoms with Crippen molar-refractivity contribution in [3.8, 4) is 17.0 Å². The van der Waals surface area contributed by atoms with Crippen LogP contribution in [-0.2, 0) is 0 Å². The molecule has 77 valence electrons. The van der Waals surface area contributed by atoms with E-state index in [-0.39, 0.29) is 5.75 Å². The highest BCUT2D eigenvalue weighted by Crippen LogP contribution is 2.35. The quantitative estimate of drug-likeness (QED) is 0.689. The van der Waals surface area contributed by atoms with Gasteiger partial charge in [0.15, 0.2) is 5.51 Å². The fourth-order valence-corrected chi connectivity index (χ4v) is 2.31. The van der Waals surface area contributed by atoms with Gasteiger partial charge in [-0.05, 0) is 16.8 Å². The first-order chi connectivity index (χ1) is 7.86. The first-order valence-corrected chi connectivity index (χ1v) is 5.77. The third-order valence-electron chi connectivity index (χ3n) is 2.55. The summed E-state index contributed by atoms with van der Waals surface area (Å²) in [5.74, 6) is 0.262. The van der Waals surface area contributed by atoms with Crippen LogP contribution in [0.4, 0.5) is 0 Å². The molecule has 1 radical (unpaired) electrons. The molecule has 0 fully saturated rings. The van der Waals surface area contributed by atoms with Crippen LogP contribution in [0.15, 0.2) is 41.8 Å². The van der Waals surface area contributed by atoms with E-state index in [1.54, 1.807) is 6.07 Å². The highest BCUT2D eigenvalue weighted by Gasteiger charge is 2.10. The largest absolute Gasteiger partial charge is 0.507 e. The molecule has 0 saturated heterocycles. The molecule has 0 spiro atoms. The van der Waals surface area contributed by atoms with Gasteiger partial charge in [-0.15, -0.1) is 11.3 Å². The van der Waals surface area contributed by atoms with Gasteiger partial charge in [-0.25, -0.2) is 4.98 Å². The van der Waals surface area contributed by atoms with E-state index < -0.39 is 0 Å². The van der Waals surface area contributed by atoms with E-state index in [2.05, 4.69) is 10.5 Å². The molecule has 2 aromatic carbocycles. The minimum absolute atomic E-state index is 0.262. The maximum Gasteiger partial charge on any atom is 0.152 e. The molecule has 3 rings (SSSR count). The smallest absolute Gasteiger partial charge is 0.152 e. The minimum atomic E-state index is 0.262. The molecular weight excluding hydrogens is 218 g/mol. The SMILES string of the molecule is Oc1ccc2ccccc2c1-c1cs[c]n1. The molecule has 1 N–H and O–H groups in total. The Morgan fingerprint density at radius 2 is 2.00 bits per heavy atom. The van der Waals surface area contributed by atoms with Crippen molar-refractivity contribution in [2.75, 3.05) is 0 Å². The van der Waals surface area contributed by atoms with Gasteiger partial charge >= 0.3 is 0 Å². The average molecular weight is 226 g/mol. The Kier molecular flexibility index (Phi) is 2.11. The number of hydrogen-bond acceptors (Lipinski definition) is 3. The molecule has 0 bridgehead atoms. The zero-order chi connectivity index (χ0) is 11.0. The lowest BCUT2D eigenvalue weighted by molar-refractivity contribution is 0.478. The minimum Gasteiger partial charge on any atom is -0.507 e. The van der Waals surface area contributed by atoms with Crippen LogP contribution in [0.25, 0.3) is 22.0 Å². The van der Waals surface area contributed by atoms with Crippen LogP contribution >= 0.6 is 11.3 Å². The Bertz CT molecular complexity index is 631. The van der Waals surface area contributed by atoms with Crippen molar-refractivity contribution in [3.05, 3.63) is 47.3 Å².